The number of rotatable bonds is 4. The summed E-state index contributed by atoms with van der Waals surface area (Å²) in [5.74, 6) is 2.95. The van der Waals surface area contributed by atoms with Crippen molar-refractivity contribution in [2.24, 2.45) is 0 Å². The monoisotopic (exact) mass is 490 g/mol. The van der Waals surface area contributed by atoms with Gasteiger partial charge in [0.25, 0.3) is 10.2 Å². The van der Waals surface area contributed by atoms with E-state index in [1.54, 1.807) is 0 Å². The molecule has 0 bridgehead atoms. The highest BCUT2D eigenvalue weighted by Crippen LogP contribution is 2.41. The van der Waals surface area contributed by atoms with Gasteiger partial charge < -0.3 is 4.52 Å². The van der Waals surface area contributed by atoms with Crippen molar-refractivity contribution in [3.8, 4) is 5.69 Å². The van der Waals surface area contributed by atoms with E-state index in [0.29, 0.717) is 16.8 Å². The Balaban J connectivity index is 1.49. The molecule has 11 heteroatoms. The summed E-state index contributed by atoms with van der Waals surface area (Å²) in [6.07, 6.45) is 3.90. The molecule has 0 amide bonds. The fourth-order valence-electron chi connectivity index (χ4n) is 4.88. The van der Waals surface area contributed by atoms with Gasteiger partial charge in [0.05, 0.1) is 17.9 Å². The lowest BCUT2D eigenvalue weighted by atomic mass is 9.80. The fourth-order valence-corrected chi connectivity index (χ4v) is 6.12. The topological polar surface area (TPSA) is 97.4 Å². The molecule has 0 radical (unpaired) electrons. The average molecular weight is 491 g/mol. The summed E-state index contributed by atoms with van der Waals surface area (Å²) in [5, 5.41) is 13.8. The first-order valence-electron chi connectivity index (χ1n) is 11.1. The lowest BCUT2D eigenvalue weighted by molar-refractivity contribution is 0.347. The van der Waals surface area contributed by atoms with E-state index in [-0.39, 0.29) is 19.0 Å². The van der Waals surface area contributed by atoms with E-state index in [0.717, 1.165) is 54.2 Å². The first kappa shape index (κ1) is 22.5. The molecule has 176 valence electrons. The highest BCUT2D eigenvalue weighted by Gasteiger charge is 2.35. The van der Waals surface area contributed by atoms with Gasteiger partial charge in [0.2, 0.25) is 0 Å². The predicted molar refractivity (Wildman–Crippen MR) is 123 cm³/mol. The number of halogens is 1. The Kier molecular flexibility index (Phi) is 5.80. The second kappa shape index (κ2) is 8.50. The summed E-state index contributed by atoms with van der Waals surface area (Å²) in [6, 6.07) is 7.61. The Morgan fingerprint density at radius 3 is 2.45 bits per heavy atom. The third kappa shape index (κ3) is 4.09. The lowest BCUT2D eigenvalue weighted by Crippen LogP contribution is -2.39. The summed E-state index contributed by atoms with van der Waals surface area (Å²) in [5.41, 5.74) is 2.75. The smallest absolute Gasteiger partial charge is 0.282 e. The second-order valence-corrected chi connectivity index (χ2v) is 11.6. The molecule has 5 rings (SSSR count). The zero-order chi connectivity index (χ0) is 23.3. The van der Waals surface area contributed by atoms with Gasteiger partial charge in [-0.2, -0.15) is 17.0 Å². The van der Waals surface area contributed by atoms with Crippen LogP contribution < -0.4 is 0 Å². The average Bonchev–Trinajstić information content (AvgIpc) is 3.36. The number of benzene rings is 1. The highest BCUT2D eigenvalue weighted by molar-refractivity contribution is 7.86. The number of nitrogens with zero attached hydrogens (tertiary/aromatic N) is 6. The molecule has 9 nitrogen and oxygen atoms in total. The van der Waals surface area contributed by atoms with E-state index in [2.05, 4.69) is 15.4 Å². The Labute approximate surface area is 198 Å². The molecular formula is C22H27ClN6O3S. The van der Waals surface area contributed by atoms with Crippen molar-refractivity contribution < 1.29 is 12.9 Å². The quantitative estimate of drug-likeness (QED) is 0.552. The first-order chi connectivity index (χ1) is 15.7. The zero-order valence-corrected chi connectivity index (χ0v) is 20.5. The summed E-state index contributed by atoms with van der Waals surface area (Å²) in [6.45, 7) is 2.28. The van der Waals surface area contributed by atoms with Crippen LogP contribution in [0.25, 0.3) is 5.69 Å². The number of fused-ring (bicyclic) bond motifs is 3. The molecule has 0 unspecified atom stereocenters. The Bertz CT molecular complexity index is 1280. The van der Waals surface area contributed by atoms with E-state index in [1.807, 2.05) is 35.8 Å². The van der Waals surface area contributed by atoms with E-state index in [9.17, 15) is 8.42 Å². The van der Waals surface area contributed by atoms with Gasteiger partial charge in [-0.15, -0.1) is 10.2 Å². The van der Waals surface area contributed by atoms with Crippen molar-refractivity contribution in [2.75, 3.05) is 14.1 Å². The fraction of sp³-hybridized carbons (Fsp3) is 0.500. The molecule has 1 aliphatic carbocycles. The molecule has 2 aliphatic rings. The number of hydrogen-bond acceptors (Lipinski definition) is 6. The van der Waals surface area contributed by atoms with Gasteiger partial charge in [0.1, 0.15) is 11.6 Å². The second-order valence-electron chi connectivity index (χ2n) is 9.05. The van der Waals surface area contributed by atoms with Crippen molar-refractivity contribution >= 4 is 21.8 Å². The van der Waals surface area contributed by atoms with Crippen LogP contribution in [0.4, 0.5) is 0 Å². The molecule has 2 aromatic heterocycles. The van der Waals surface area contributed by atoms with Crippen molar-refractivity contribution in [1.29, 1.82) is 0 Å². The third-order valence-corrected chi connectivity index (χ3v) is 8.72. The Hall–Kier alpha value is -2.27. The first-order valence-corrected chi connectivity index (χ1v) is 12.9. The Morgan fingerprint density at radius 2 is 1.79 bits per heavy atom. The molecule has 0 spiro atoms. The molecule has 1 fully saturated rings. The van der Waals surface area contributed by atoms with E-state index in [4.69, 9.17) is 16.1 Å². The van der Waals surface area contributed by atoms with Crippen molar-refractivity contribution in [1.82, 2.24) is 28.5 Å². The van der Waals surface area contributed by atoms with Gasteiger partial charge in [-0.3, -0.25) is 4.57 Å². The van der Waals surface area contributed by atoms with Gasteiger partial charge >= 0.3 is 0 Å². The minimum Gasteiger partial charge on any atom is -0.361 e. The molecule has 1 saturated carbocycles. The van der Waals surface area contributed by atoms with Crippen LogP contribution in [-0.2, 0) is 23.3 Å². The molecule has 33 heavy (non-hydrogen) atoms. The maximum absolute atomic E-state index is 13.0. The van der Waals surface area contributed by atoms with E-state index < -0.39 is 10.2 Å². The van der Waals surface area contributed by atoms with Crippen molar-refractivity contribution in [3.05, 3.63) is 58.0 Å². The molecule has 0 atom stereocenters. The Morgan fingerprint density at radius 1 is 1.06 bits per heavy atom. The largest absolute Gasteiger partial charge is 0.361 e. The molecule has 1 aromatic carbocycles. The van der Waals surface area contributed by atoms with Crippen LogP contribution in [-0.4, -0.2) is 51.0 Å². The number of hydrogen-bond donors (Lipinski definition) is 0. The molecule has 1 aliphatic heterocycles. The SMILES string of the molecule is Cc1cc([C@H]2CC[C@H](c3nnc4n3-c3ccc(Cl)cc3CN(S(=O)(=O)N(C)C)C4)CC2)no1. The number of aromatic nitrogens is 4. The maximum atomic E-state index is 13.0. The molecule has 3 heterocycles. The minimum atomic E-state index is -3.65. The normalized spacial score (nSPS) is 21.6. The van der Waals surface area contributed by atoms with Gasteiger partial charge in [-0.05, 0) is 56.4 Å². The van der Waals surface area contributed by atoms with Crippen LogP contribution in [0.15, 0.2) is 28.8 Å². The van der Waals surface area contributed by atoms with E-state index in [1.165, 1.54) is 22.7 Å². The van der Waals surface area contributed by atoms with Crippen LogP contribution in [0.5, 0.6) is 0 Å². The maximum Gasteiger partial charge on any atom is 0.282 e. The summed E-state index contributed by atoms with van der Waals surface area (Å²) in [7, 11) is -0.583. The summed E-state index contributed by atoms with van der Waals surface area (Å²) in [4.78, 5) is 0. The van der Waals surface area contributed by atoms with Gasteiger partial charge in [-0.25, -0.2) is 0 Å². The zero-order valence-electron chi connectivity index (χ0n) is 18.9. The van der Waals surface area contributed by atoms with Crippen LogP contribution in [0.3, 0.4) is 0 Å². The molecular weight excluding hydrogens is 464 g/mol. The van der Waals surface area contributed by atoms with Gasteiger partial charge in [-0.1, -0.05) is 16.8 Å². The van der Waals surface area contributed by atoms with E-state index >= 15 is 0 Å². The predicted octanol–water partition coefficient (Wildman–Crippen LogP) is 3.78. The standard InChI is InChI=1S/C22H27ClN6O3S/c1-14-10-19(26-32-14)15-4-6-16(7-5-15)22-25-24-21-13-28(33(30,31)27(2)3)12-17-11-18(23)8-9-20(17)29(21)22/h8-11,15-16H,4-7,12-13H2,1-3H3/t15-,16-. The van der Waals surface area contributed by atoms with Crippen LogP contribution >= 0.6 is 11.6 Å². The van der Waals surface area contributed by atoms with Crippen molar-refractivity contribution in [2.45, 2.75) is 57.5 Å². The van der Waals surface area contributed by atoms with Crippen molar-refractivity contribution in [3.63, 3.8) is 0 Å². The van der Waals surface area contributed by atoms with Gasteiger partial charge in [0.15, 0.2) is 5.82 Å². The minimum absolute atomic E-state index is 0.146. The lowest BCUT2D eigenvalue weighted by Gasteiger charge is -2.27. The third-order valence-electron chi connectivity index (χ3n) is 6.65. The van der Waals surface area contributed by atoms with Crippen LogP contribution in [0.2, 0.25) is 5.02 Å². The van der Waals surface area contributed by atoms with Crippen LogP contribution in [0.1, 0.15) is 66.2 Å². The number of aryl methyl sites for hydroxylation is 1. The van der Waals surface area contributed by atoms with Crippen LogP contribution in [0, 0.1) is 6.92 Å². The van der Waals surface area contributed by atoms with Gasteiger partial charge in [0, 0.05) is 43.6 Å². The summed E-state index contributed by atoms with van der Waals surface area (Å²) < 4.78 is 35.9. The molecule has 0 N–H and O–H groups in total. The molecule has 3 aromatic rings. The molecule has 0 saturated heterocycles. The summed E-state index contributed by atoms with van der Waals surface area (Å²) >= 11 is 6.29. The highest BCUT2D eigenvalue weighted by atomic mass is 35.5.